The van der Waals surface area contributed by atoms with E-state index in [1.165, 1.54) is 0 Å². The van der Waals surface area contributed by atoms with E-state index in [9.17, 15) is 5.11 Å². The van der Waals surface area contributed by atoms with E-state index in [0.717, 1.165) is 47.6 Å². The summed E-state index contributed by atoms with van der Waals surface area (Å²) in [5.74, 6) is 1.83. The van der Waals surface area contributed by atoms with Crippen LogP contribution in [0.2, 0.25) is 0 Å². The monoisotopic (exact) mass is 397 g/mol. The van der Waals surface area contributed by atoms with Crippen molar-refractivity contribution in [2.75, 3.05) is 26.3 Å². The van der Waals surface area contributed by atoms with Crippen LogP contribution in [0.5, 0.6) is 5.75 Å². The van der Waals surface area contributed by atoms with Gasteiger partial charge in [-0.2, -0.15) is 5.10 Å². The van der Waals surface area contributed by atoms with Crippen LogP contribution in [0.4, 0.5) is 0 Å². The Hall–Kier alpha value is -2.45. The van der Waals surface area contributed by atoms with Crippen molar-refractivity contribution in [1.82, 2.24) is 15.1 Å². The van der Waals surface area contributed by atoms with Gasteiger partial charge < -0.3 is 19.5 Å². The number of aliphatic hydroxyl groups excluding tert-OH is 1. The molecule has 29 heavy (non-hydrogen) atoms. The van der Waals surface area contributed by atoms with E-state index in [1.54, 1.807) is 6.34 Å². The molecule has 3 heterocycles. The van der Waals surface area contributed by atoms with Gasteiger partial charge in [-0.1, -0.05) is 0 Å². The Bertz CT molecular complexity index is 980. The first-order chi connectivity index (χ1) is 14.0. The number of aromatic nitrogens is 2. The number of morpholine rings is 1. The molecule has 2 unspecified atom stereocenters. The standard InChI is InChI=1S/C21H27N5O3/c1-20(5-6-20)29-14-3-4-17-16(9-14)19(25-24-17)21(2)10-18(22-13-23-21)26-7-8-28-15(11-26)12-27/h3-4,9,13,15,27H,5-8,10-12H2,1-2H3,(H,24,25). The maximum atomic E-state index is 9.45. The number of H-pyrrole nitrogens is 1. The number of ether oxygens (including phenoxy) is 2. The van der Waals surface area contributed by atoms with Crippen molar-refractivity contribution >= 4 is 23.1 Å². The summed E-state index contributed by atoms with van der Waals surface area (Å²) in [6.07, 6.45) is 4.31. The van der Waals surface area contributed by atoms with Gasteiger partial charge in [0.15, 0.2) is 0 Å². The Labute approximate surface area is 169 Å². The second kappa shape index (κ2) is 6.81. The zero-order valence-corrected chi connectivity index (χ0v) is 16.9. The van der Waals surface area contributed by atoms with Crippen LogP contribution in [-0.4, -0.2) is 70.4 Å². The van der Waals surface area contributed by atoms with Crippen molar-refractivity contribution in [3.05, 3.63) is 23.9 Å². The molecule has 8 nitrogen and oxygen atoms in total. The summed E-state index contributed by atoms with van der Waals surface area (Å²) >= 11 is 0. The summed E-state index contributed by atoms with van der Waals surface area (Å²) in [5, 5.41) is 18.2. The molecule has 2 fully saturated rings. The van der Waals surface area contributed by atoms with Crippen molar-refractivity contribution < 1.29 is 14.6 Å². The number of hydrogen-bond acceptors (Lipinski definition) is 7. The van der Waals surface area contributed by atoms with Crippen LogP contribution >= 0.6 is 0 Å². The smallest absolute Gasteiger partial charge is 0.120 e. The predicted molar refractivity (Wildman–Crippen MR) is 111 cm³/mol. The number of rotatable bonds is 4. The number of aliphatic hydroxyl groups is 1. The summed E-state index contributed by atoms with van der Waals surface area (Å²) in [5.41, 5.74) is 1.35. The first-order valence-corrected chi connectivity index (χ1v) is 10.2. The summed E-state index contributed by atoms with van der Waals surface area (Å²) < 4.78 is 11.7. The highest BCUT2D eigenvalue weighted by atomic mass is 16.5. The highest BCUT2D eigenvalue weighted by Gasteiger charge is 2.40. The number of fused-ring (bicyclic) bond motifs is 1. The highest BCUT2D eigenvalue weighted by Crippen LogP contribution is 2.41. The third-order valence-electron chi connectivity index (χ3n) is 6.14. The molecule has 1 saturated carbocycles. The third-order valence-corrected chi connectivity index (χ3v) is 6.14. The number of nitrogens with zero attached hydrogens (tertiary/aromatic N) is 4. The second-order valence-electron chi connectivity index (χ2n) is 8.69. The second-order valence-corrected chi connectivity index (χ2v) is 8.69. The van der Waals surface area contributed by atoms with Crippen LogP contribution in [0.25, 0.3) is 10.9 Å². The number of amidine groups is 1. The van der Waals surface area contributed by atoms with E-state index in [2.05, 4.69) is 40.0 Å². The number of aliphatic imine (C=N–C) groups is 2. The molecule has 2 aromatic rings. The lowest BCUT2D eigenvalue weighted by molar-refractivity contribution is -0.0348. The van der Waals surface area contributed by atoms with Crippen LogP contribution < -0.4 is 4.74 Å². The van der Waals surface area contributed by atoms with E-state index in [1.807, 2.05) is 12.1 Å². The third kappa shape index (κ3) is 3.51. The van der Waals surface area contributed by atoms with Crippen LogP contribution in [-0.2, 0) is 10.3 Å². The number of nitrogens with one attached hydrogen (secondary N) is 1. The lowest BCUT2D eigenvalue weighted by Gasteiger charge is -2.37. The largest absolute Gasteiger partial charge is 0.488 e. The lowest BCUT2D eigenvalue weighted by atomic mass is 9.90. The molecule has 2 N–H and O–H groups in total. The zero-order chi connectivity index (χ0) is 20.1. The maximum Gasteiger partial charge on any atom is 0.120 e. The van der Waals surface area contributed by atoms with Gasteiger partial charge in [-0.15, -0.1) is 0 Å². The molecule has 3 aliphatic rings. The molecule has 0 radical (unpaired) electrons. The number of hydrogen-bond donors (Lipinski definition) is 2. The molecule has 1 aromatic heterocycles. The van der Waals surface area contributed by atoms with Gasteiger partial charge in [0.2, 0.25) is 0 Å². The normalized spacial score (nSPS) is 28.4. The highest BCUT2D eigenvalue weighted by molar-refractivity contribution is 5.93. The minimum Gasteiger partial charge on any atom is -0.488 e. The summed E-state index contributed by atoms with van der Waals surface area (Å²) in [4.78, 5) is 11.4. The van der Waals surface area contributed by atoms with Gasteiger partial charge in [0, 0.05) is 24.9 Å². The van der Waals surface area contributed by atoms with Gasteiger partial charge in [-0.3, -0.25) is 10.1 Å². The molecule has 154 valence electrons. The van der Waals surface area contributed by atoms with Crippen molar-refractivity contribution in [1.29, 1.82) is 0 Å². The van der Waals surface area contributed by atoms with E-state index in [4.69, 9.17) is 14.5 Å². The van der Waals surface area contributed by atoms with Gasteiger partial charge >= 0.3 is 0 Å². The van der Waals surface area contributed by atoms with Crippen molar-refractivity contribution in [2.45, 2.75) is 50.4 Å². The van der Waals surface area contributed by atoms with E-state index in [-0.39, 0.29) is 18.3 Å². The van der Waals surface area contributed by atoms with Crippen molar-refractivity contribution in [2.24, 2.45) is 9.98 Å². The van der Waals surface area contributed by atoms with Crippen LogP contribution in [0.1, 0.15) is 38.8 Å². The van der Waals surface area contributed by atoms with Gasteiger partial charge in [-0.25, -0.2) is 4.99 Å². The van der Waals surface area contributed by atoms with E-state index >= 15 is 0 Å². The first kappa shape index (κ1) is 18.6. The summed E-state index contributed by atoms with van der Waals surface area (Å²) in [6, 6.07) is 6.05. The first-order valence-electron chi connectivity index (χ1n) is 10.2. The zero-order valence-electron chi connectivity index (χ0n) is 16.9. The molecular formula is C21H27N5O3. The molecule has 0 amide bonds. The van der Waals surface area contributed by atoms with Crippen LogP contribution in [0, 0.1) is 0 Å². The molecule has 0 spiro atoms. The molecule has 5 rings (SSSR count). The van der Waals surface area contributed by atoms with Crippen molar-refractivity contribution in [3.63, 3.8) is 0 Å². The lowest BCUT2D eigenvalue weighted by Crippen LogP contribution is -2.49. The van der Waals surface area contributed by atoms with Gasteiger partial charge in [0.1, 0.15) is 29.1 Å². The number of benzene rings is 1. The molecule has 1 aliphatic carbocycles. The summed E-state index contributed by atoms with van der Waals surface area (Å²) in [7, 11) is 0. The minimum absolute atomic E-state index is 0.0159. The van der Waals surface area contributed by atoms with Gasteiger partial charge in [0.05, 0.1) is 30.5 Å². The predicted octanol–water partition coefficient (Wildman–Crippen LogP) is 2.23. The molecule has 2 aliphatic heterocycles. The fourth-order valence-electron chi connectivity index (χ4n) is 4.06. The number of aromatic amines is 1. The minimum atomic E-state index is -0.499. The SMILES string of the molecule is CC1(Oc2ccc3n[nH]c(C4(C)CC(N5CCOC(CO)C5)=NC=N4)c3c2)CC1. The summed E-state index contributed by atoms with van der Waals surface area (Å²) in [6.45, 7) is 6.25. The Kier molecular flexibility index (Phi) is 4.36. The Morgan fingerprint density at radius 2 is 2.21 bits per heavy atom. The Balaban J connectivity index is 1.42. The maximum absolute atomic E-state index is 9.45. The van der Waals surface area contributed by atoms with Crippen LogP contribution in [0.3, 0.4) is 0 Å². The fourth-order valence-corrected chi connectivity index (χ4v) is 4.06. The molecule has 1 saturated heterocycles. The van der Waals surface area contributed by atoms with Gasteiger partial charge in [-0.05, 0) is 44.9 Å². The molecule has 8 heteroatoms. The topological polar surface area (TPSA) is 95.3 Å². The van der Waals surface area contributed by atoms with Gasteiger partial charge in [0.25, 0.3) is 0 Å². The Morgan fingerprint density at radius 3 is 3.00 bits per heavy atom. The van der Waals surface area contributed by atoms with Crippen molar-refractivity contribution in [3.8, 4) is 5.75 Å². The molecule has 1 aromatic carbocycles. The fraction of sp³-hybridized carbons (Fsp3) is 0.571. The quantitative estimate of drug-likeness (QED) is 0.825. The molecule has 0 bridgehead atoms. The molecule has 2 atom stereocenters. The van der Waals surface area contributed by atoms with E-state index in [0.29, 0.717) is 19.6 Å². The molecular weight excluding hydrogens is 370 g/mol. The van der Waals surface area contributed by atoms with E-state index < -0.39 is 5.54 Å². The Morgan fingerprint density at radius 1 is 1.34 bits per heavy atom. The average Bonchev–Trinajstić information content (AvgIpc) is 3.29. The van der Waals surface area contributed by atoms with Crippen LogP contribution in [0.15, 0.2) is 28.2 Å². The average molecular weight is 397 g/mol.